The van der Waals surface area contributed by atoms with E-state index in [-0.39, 0.29) is 5.92 Å². The van der Waals surface area contributed by atoms with Crippen LogP contribution >= 0.6 is 10.7 Å². The monoisotopic (exact) mass is 297 g/mol. The quantitative estimate of drug-likeness (QED) is 0.829. The highest BCUT2D eigenvalue weighted by Crippen LogP contribution is 2.35. The van der Waals surface area contributed by atoms with E-state index < -0.39 is 28.5 Å². The molecule has 0 saturated carbocycles. The van der Waals surface area contributed by atoms with E-state index in [1.54, 1.807) is 24.3 Å². The van der Waals surface area contributed by atoms with Gasteiger partial charge in [0.25, 0.3) is 0 Å². The maximum atomic E-state index is 11.2. The number of aliphatic carboxylic acids is 1. The van der Waals surface area contributed by atoms with Crippen LogP contribution in [0.15, 0.2) is 24.3 Å². The van der Waals surface area contributed by atoms with E-state index in [1.807, 2.05) is 16.6 Å². The Morgan fingerprint density at radius 2 is 2.00 bits per heavy atom. The summed E-state index contributed by atoms with van der Waals surface area (Å²) in [6.45, 7) is 2.24. The molecule has 2 atom stereocenters. The molecular weight excluding hydrogens is 282 g/mol. The maximum absolute atomic E-state index is 11.2. The van der Waals surface area contributed by atoms with E-state index in [9.17, 15) is 14.7 Å². The van der Waals surface area contributed by atoms with Crippen LogP contribution < -0.4 is 9.04 Å². The number of carboxylic acid groups (broad SMARTS) is 2. The molecule has 108 valence electrons. The molecule has 2 N–H and O–H groups in total. The summed E-state index contributed by atoms with van der Waals surface area (Å²) in [4.78, 5) is 21.6. The highest BCUT2D eigenvalue weighted by Gasteiger charge is 2.25. The summed E-state index contributed by atoms with van der Waals surface area (Å²) in [5, 5.41) is 18.7. The largest absolute Gasteiger partial charge is 0.482 e. The van der Waals surface area contributed by atoms with Crippen LogP contribution in [0.5, 0.6) is 5.75 Å². The fraction of sp³-hybridized carbons (Fsp3) is 0.308. The molecule has 0 radical (unpaired) electrons. The number of benzene rings is 1. The lowest BCUT2D eigenvalue weighted by Crippen LogP contribution is -2.18. The van der Waals surface area contributed by atoms with Crippen molar-refractivity contribution in [1.29, 1.82) is 0 Å². The van der Waals surface area contributed by atoms with Gasteiger partial charge < -0.3 is 19.3 Å². The topological polar surface area (TPSA) is 87.1 Å². The van der Waals surface area contributed by atoms with Gasteiger partial charge in [0.15, 0.2) is 6.61 Å². The van der Waals surface area contributed by atoms with Gasteiger partial charge in [-0.2, -0.15) is 0 Å². The van der Waals surface area contributed by atoms with Crippen LogP contribution in [-0.4, -0.2) is 40.0 Å². The van der Waals surface area contributed by atoms with Crippen LogP contribution in [0.1, 0.15) is 6.92 Å². The zero-order chi connectivity index (χ0) is 14.7. The zero-order valence-electron chi connectivity index (χ0n) is 10.9. The van der Waals surface area contributed by atoms with Gasteiger partial charge in [0, 0.05) is 28.8 Å². The summed E-state index contributed by atoms with van der Waals surface area (Å²) < 4.78 is 6.87. The van der Waals surface area contributed by atoms with E-state index >= 15 is 0 Å². The van der Waals surface area contributed by atoms with Crippen molar-refractivity contribution in [2.45, 2.75) is 6.92 Å². The Morgan fingerprint density at radius 1 is 1.35 bits per heavy atom. The number of rotatable bonds is 4. The predicted octanol–water partition coefficient (Wildman–Crippen LogP) is 2.27. The number of anilines is 1. The molecular formula is C13H15NO5S. The van der Waals surface area contributed by atoms with Gasteiger partial charge in [0.05, 0.1) is 0 Å². The highest BCUT2D eigenvalue weighted by molar-refractivity contribution is 8.28. The Kier molecular flexibility index (Phi) is 4.29. The van der Waals surface area contributed by atoms with Crippen LogP contribution in [0.4, 0.5) is 10.5 Å². The molecule has 0 amide bonds. The van der Waals surface area contributed by atoms with Gasteiger partial charge in [-0.3, -0.25) is 0 Å². The van der Waals surface area contributed by atoms with Crippen molar-refractivity contribution in [3.05, 3.63) is 24.3 Å². The molecule has 0 bridgehead atoms. The molecule has 20 heavy (non-hydrogen) atoms. The van der Waals surface area contributed by atoms with E-state index in [1.165, 1.54) is 0 Å². The molecule has 2 unspecified atom stereocenters. The molecule has 2 rings (SSSR count). The minimum absolute atomic E-state index is 0.220. The van der Waals surface area contributed by atoms with Gasteiger partial charge in [0.1, 0.15) is 5.75 Å². The lowest BCUT2D eigenvalue weighted by atomic mass is 10.2. The van der Waals surface area contributed by atoms with E-state index in [0.717, 1.165) is 5.69 Å². The van der Waals surface area contributed by atoms with Gasteiger partial charge in [-0.05, 0) is 29.6 Å². The molecule has 1 aliphatic rings. The molecule has 6 nitrogen and oxygen atoms in total. The third kappa shape index (κ3) is 3.30. The zero-order valence-corrected chi connectivity index (χ0v) is 11.7. The highest BCUT2D eigenvalue weighted by atomic mass is 32.2. The van der Waals surface area contributed by atoms with Crippen molar-refractivity contribution in [3.8, 4) is 5.75 Å². The predicted molar refractivity (Wildman–Crippen MR) is 77.8 cm³/mol. The van der Waals surface area contributed by atoms with Crippen molar-refractivity contribution >= 4 is 33.0 Å². The normalized spacial score (nSPS) is 21.4. The Bertz CT molecular complexity index is 554. The first kappa shape index (κ1) is 14.4. The standard InChI is InChI=1S/C13H15NO5S/c1-9-6-14(20(8-9)13(17)18)10-2-4-11(5-3-10)19-7-12(15)16/h2-5,8-9H,6-7H2,1H3,(H,15,16)(H,17,18). The van der Waals surface area contributed by atoms with Gasteiger partial charge >= 0.3 is 11.3 Å². The first-order valence-electron chi connectivity index (χ1n) is 6.00. The fourth-order valence-electron chi connectivity index (χ4n) is 1.90. The maximum Gasteiger partial charge on any atom is 0.377 e. The molecule has 0 aliphatic carbocycles. The number of nitrogens with zero attached hydrogens (tertiary/aromatic N) is 1. The Labute approximate surface area is 118 Å². The van der Waals surface area contributed by atoms with Crippen molar-refractivity contribution < 1.29 is 24.5 Å². The SMILES string of the molecule is CC1C=S(C(=O)O)N(c2ccc(OCC(=O)O)cc2)C1. The minimum Gasteiger partial charge on any atom is -0.482 e. The summed E-state index contributed by atoms with van der Waals surface area (Å²) in [6, 6.07) is 6.77. The summed E-state index contributed by atoms with van der Waals surface area (Å²) in [5.41, 5.74) is 0.791. The summed E-state index contributed by atoms with van der Waals surface area (Å²) >= 11 is 0. The first-order valence-corrected chi connectivity index (χ1v) is 7.25. The number of hydrogen-bond acceptors (Lipinski definition) is 4. The Balaban J connectivity index is 2.12. The molecule has 0 aromatic heterocycles. The lowest BCUT2D eigenvalue weighted by molar-refractivity contribution is -0.139. The Morgan fingerprint density at radius 3 is 2.55 bits per heavy atom. The summed E-state index contributed by atoms with van der Waals surface area (Å²) in [5.74, 6) is -0.371. The lowest BCUT2D eigenvalue weighted by Gasteiger charge is -2.21. The van der Waals surface area contributed by atoms with Crippen LogP contribution in [0.3, 0.4) is 0 Å². The molecule has 1 heterocycles. The van der Waals surface area contributed by atoms with Crippen molar-refractivity contribution in [3.63, 3.8) is 0 Å². The van der Waals surface area contributed by atoms with Crippen LogP contribution in [0.25, 0.3) is 0 Å². The molecule has 1 aromatic carbocycles. The molecule has 1 aliphatic heterocycles. The van der Waals surface area contributed by atoms with Gasteiger partial charge in [-0.1, -0.05) is 6.92 Å². The average Bonchev–Trinajstić information content (AvgIpc) is 2.79. The van der Waals surface area contributed by atoms with E-state index in [4.69, 9.17) is 9.84 Å². The smallest absolute Gasteiger partial charge is 0.377 e. The second-order valence-corrected chi connectivity index (χ2v) is 6.12. The first-order chi connectivity index (χ1) is 9.47. The minimum atomic E-state index is -1.04. The Hall–Kier alpha value is -2.02. The van der Waals surface area contributed by atoms with Crippen molar-refractivity contribution in [1.82, 2.24) is 0 Å². The van der Waals surface area contributed by atoms with E-state index in [2.05, 4.69) is 0 Å². The summed E-state index contributed by atoms with van der Waals surface area (Å²) in [6.07, 6.45) is 0. The van der Waals surface area contributed by atoms with Crippen LogP contribution in [0, 0.1) is 5.92 Å². The average molecular weight is 297 g/mol. The van der Waals surface area contributed by atoms with Gasteiger partial charge in [-0.25, -0.2) is 9.59 Å². The molecule has 1 aromatic rings. The number of hydrogen-bond donors (Lipinski definition) is 2. The second-order valence-electron chi connectivity index (χ2n) is 4.43. The second kappa shape index (κ2) is 5.96. The van der Waals surface area contributed by atoms with Crippen LogP contribution in [0.2, 0.25) is 0 Å². The molecule has 7 heteroatoms. The van der Waals surface area contributed by atoms with Crippen LogP contribution in [-0.2, 0) is 4.79 Å². The van der Waals surface area contributed by atoms with Gasteiger partial charge in [-0.15, -0.1) is 0 Å². The third-order valence-electron chi connectivity index (χ3n) is 2.72. The van der Waals surface area contributed by atoms with Crippen molar-refractivity contribution in [2.24, 2.45) is 5.92 Å². The number of ether oxygens (including phenoxy) is 1. The molecule has 0 spiro atoms. The number of carboxylic acids is 1. The molecule has 0 fully saturated rings. The third-order valence-corrected chi connectivity index (χ3v) is 4.63. The van der Waals surface area contributed by atoms with Crippen molar-refractivity contribution in [2.75, 3.05) is 17.5 Å². The van der Waals surface area contributed by atoms with Gasteiger partial charge in [0.2, 0.25) is 0 Å². The number of carbonyl (C=O) groups is 2. The fourth-order valence-corrected chi connectivity index (χ4v) is 3.63. The van der Waals surface area contributed by atoms with E-state index in [0.29, 0.717) is 12.3 Å². The summed E-state index contributed by atoms with van der Waals surface area (Å²) in [7, 11) is -0.925. The molecule has 0 saturated heterocycles.